The van der Waals surface area contributed by atoms with Crippen LogP contribution in [0.1, 0.15) is 6.42 Å². The molecule has 1 fully saturated rings. The number of nitrogens with one attached hydrogen (secondary N) is 1. The molecule has 0 saturated carbocycles. The molecule has 1 atom stereocenters. The highest BCUT2D eigenvalue weighted by Gasteiger charge is 2.23. The highest BCUT2D eigenvalue weighted by atomic mass is 16.5. The van der Waals surface area contributed by atoms with E-state index < -0.39 is 0 Å². The highest BCUT2D eigenvalue weighted by Crippen LogP contribution is 2.06. The molecule has 11 heavy (non-hydrogen) atoms. The molecule has 0 aromatic rings. The molecule has 4 nitrogen and oxygen atoms in total. The number of methoxy groups -OCH3 is 1. The normalized spacial score (nSPS) is 23.3. The fourth-order valence-corrected chi connectivity index (χ4v) is 1.26. The first-order valence-electron chi connectivity index (χ1n) is 3.77. The third kappa shape index (κ3) is 1.83. The maximum Gasteiger partial charge on any atom is 0.409 e. The van der Waals surface area contributed by atoms with Crippen LogP contribution < -0.4 is 5.32 Å². The molecule has 0 spiro atoms. The van der Waals surface area contributed by atoms with E-state index in [1.54, 1.807) is 11.9 Å². The fraction of sp³-hybridized carbons (Fsp3) is 0.857. The smallest absolute Gasteiger partial charge is 0.409 e. The minimum absolute atomic E-state index is 0.251. The van der Waals surface area contributed by atoms with Crippen LogP contribution in [0.4, 0.5) is 4.79 Å². The Morgan fingerprint density at radius 1 is 1.73 bits per heavy atom. The average molecular weight is 158 g/mol. The Morgan fingerprint density at radius 3 is 2.91 bits per heavy atom. The van der Waals surface area contributed by atoms with Crippen molar-refractivity contribution >= 4 is 6.09 Å². The zero-order valence-electron chi connectivity index (χ0n) is 6.96. The van der Waals surface area contributed by atoms with Crippen LogP contribution in [0.15, 0.2) is 0 Å². The van der Waals surface area contributed by atoms with E-state index >= 15 is 0 Å². The Morgan fingerprint density at radius 2 is 2.45 bits per heavy atom. The molecule has 1 aliphatic rings. The summed E-state index contributed by atoms with van der Waals surface area (Å²) in [4.78, 5) is 12.6. The van der Waals surface area contributed by atoms with E-state index in [1.807, 2.05) is 0 Å². The molecule has 1 amide bonds. The Bertz CT molecular complexity index is 143. The number of amides is 1. The zero-order valence-corrected chi connectivity index (χ0v) is 6.96. The predicted molar refractivity (Wildman–Crippen MR) is 41.4 cm³/mol. The van der Waals surface area contributed by atoms with Gasteiger partial charge >= 0.3 is 6.09 Å². The predicted octanol–water partition coefficient (Wildman–Crippen LogP) is 0.0465. The molecular weight excluding hydrogens is 144 g/mol. The largest absolute Gasteiger partial charge is 0.453 e. The second-order valence-electron chi connectivity index (χ2n) is 2.73. The van der Waals surface area contributed by atoms with Gasteiger partial charge in [0.2, 0.25) is 0 Å². The number of carbonyl (C=O) groups is 1. The van der Waals surface area contributed by atoms with Crippen LogP contribution in [0.3, 0.4) is 0 Å². The zero-order chi connectivity index (χ0) is 8.27. The van der Waals surface area contributed by atoms with Crippen molar-refractivity contribution < 1.29 is 9.53 Å². The summed E-state index contributed by atoms with van der Waals surface area (Å²) in [6.45, 7) is 1.87. The van der Waals surface area contributed by atoms with Crippen LogP contribution in [0.2, 0.25) is 0 Å². The summed E-state index contributed by atoms with van der Waals surface area (Å²) in [5.74, 6) is 0. The quantitative estimate of drug-likeness (QED) is 0.586. The van der Waals surface area contributed by atoms with E-state index in [0.717, 1.165) is 19.5 Å². The summed E-state index contributed by atoms with van der Waals surface area (Å²) in [6, 6.07) is 0.308. The molecule has 64 valence electrons. The Hall–Kier alpha value is -0.770. The first kappa shape index (κ1) is 8.33. The topological polar surface area (TPSA) is 41.6 Å². The van der Waals surface area contributed by atoms with Crippen molar-refractivity contribution in [1.29, 1.82) is 0 Å². The first-order valence-corrected chi connectivity index (χ1v) is 3.77. The average Bonchev–Trinajstić information content (AvgIpc) is 2.53. The summed E-state index contributed by atoms with van der Waals surface area (Å²) in [5.41, 5.74) is 0. The minimum Gasteiger partial charge on any atom is -0.453 e. The first-order chi connectivity index (χ1) is 5.25. The maximum absolute atomic E-state index is 11.0. The number of hydrogen-bond acceptors (Lipinski definition) is 3. The van der Waals surface area contributed by atoms with Gasteiger partial charge in [0.05, 0.1) is 7.11 Å². The number of carbonyl (C=O) groups excluding carboxylic acids is 1. The van der Waals surface area contributed by atoms with Crippen molar-refractivity contribution in [3.63, 3.8) is 0 Å². The summed E-state index contributed by atoms with van der Waals surface area (Å²) in [6.07, 6.45) is 0.768. The van der Waals surface area contributed by atoms with Gasteiger partial charge in [0, 0.05) is 19.6 Å². The molecule has 0 bridgehead atoms. The van der Waals surface area contributed by atoms with Gasteiger partial charge in [-0.2, -0.15) is 0 Å². The number of hydrogen-bond donors (Lipinski definition) is 1. The van der Waals surface area contributed by atoms with Crippen molar-refractivity contribution in [3.8, 4) is 0 Å². The van der Waals surface area contributed by atoms with Crippen LogP contribution >= 0.6 is 0 Å². The van der Waals surface area contributed by atoms with E-state index in [1.165, 1.54) is 7.11 Å². The second-order valence-corrected chi connectivity index (χ2v) is 2.73. The summed E-state index contributed by atoms with van der Waals surface area (Å²) in [7, 11) is 3.17. The molecule has 1 aliphatic heterocycles. The van der Waals surface area contributed by atoms with Crippen molar-refractivity contribution in [1.82, 2.24) is 10.2 Å². The standard InChI is InChI=1S/C7H14N2O2/c1-9(7(10)11-2)6-3-4-8-5-6/h6,8H,3-5H2,1-2H3/t6-/m1/s1. The molecule has 1 heterocycles. The van der Waals surface area contributed by atoms with Crippen LogP contribution in [0, 0.1) is 0 Å². The van der Waals surface area contributed by atoms with Gasteiger partial charge in [-0.15, -0.1) is 0 Å². The lowest BCUT2D eigenvalue weighted by atomic mass is 10.2. The van der Waals surface area contributed by atoms with Crippen LogP contribution in [0.5, 0.6) is 0 Å². The van der Waals surface area contributed by atoms with Gasteiger partial charge in [0.15, 0.2) is 0 Å². The molecule has 0 aromatic heterocycles. The number of nitrogens with zero attached hydrogens (tertiary/aromatic N) is 1. The van der Waals surface area contributed by atoms with Gasteiger partial charge in [0.1, 0.15) is 0 Å². The lowest BCUT2D eigenvalue weighted by molar-refractivity contribution is 0.120. The SMILES string of the molecule is COC(=O)N(C)[C@@H]1CCNC1. The molecule has 4 heteroatoms. The lowest BCUT2D eigenvalue weighted by Crippen LogP contribution is -2.38. The van der Waals surface area contributed by atoms with E-state index in [4.69, 9.17) is 0 Å². The summed E-state index contributed by atoms with van der Waals surface area (Å²) < 4.78 is 4.58. The van der Waals surface area contributed by atoms with Gasteiger partial charge < -0.3 is 15.0 Å². The Kier molecular flexibility index (Phi) is 2.70. The van der Waals surface area contributed by atoms with E-state index in [0.29, 0.717) is 6.04 Å². The van der Waals surface area contributed by atoms with Gasteiger partial charge in [-0.25, -0.2) is 4.79 Å². The Balaban J connectivity index is 2.39. The lowest BCUT2D eigenvalue weighted by Gasteiger charge is -2.21. The van der Waals surface area contributed by atoms with Gasteiger partial charge in [-0.1, -0.05) is 0 Å². The molecule has 0 unspecified atom stereocenters. The van der Waals surface area contributed by atoms with E-state index in [2.05, 4.69) is 10.1 Å². The number of likely N-dealkylation sites (N-methyl/N-ethyl adjacent to an activating group) is 1. The molecular formula is C7H14N2O2. The fourth-order valence-electron chi connectivity index (χ4n) is 1.26. The molecule has 0 aliphatic carbocycles. The Labute approximate surface area is 66.5 Å². The maximum atomic E-state index is 11.0. The van der Waals surface area contributed by atoms with Gasteiger partial charge in [-0.05, 0) is 13.0 Å². The second kappa shape index (κ2) is 3.57. The molecule has 0 radical (unpaired) electrons. The van der Waals surface area contributed by atoms with Gasteiger partial charge in [0.25, 0.3) is 0 Å². The van der Waals surface area contributed by atoms with E-state index in [9.17, 15) is 4.79 Å². The van der Waals surface area contributed by atoms with Crippen molar-refractivity contribution in [3.05, 3.63) is 0 Å². The molecule has 1 N–H and O–H groups in total. The van der Waals surface area contributed by atoms with Crippen molar-refractivity contribution in [2.24, 2.45) is 0 Å². The van der Waals surface area contributed by atoms with Crippen molar-refractivity contribution in [2.75, 3.05) is 27.2 Å². The van der Waals surface area contributed by atoms with Crippen LogP contribution in [-0.4, -0.2) is 44.3 Å². The molecule has 0 aromatic carbocycles. The summed E-state index contributed by atoms with van der Waals surface area (Å²) >= 11 is 0. The third-order valence-electron chi connectivity index (χ3n) is 2.04. The van der Waals surface area contributed by atoms with Crippen LogP contribution in [0.25, 0.3) is 0 Å². The van der Waals surface area contributed by atoms with Crippen LogP contribution in [-0.2, 0) is 4.74 Å². The van der Waals surface area contributed by atoms with Gasteiger partial charge in [-0.3, -0.25) is 0 Å². The third-order valence-corrected chi connectivity index (χ3v) is 2.04. The minimum atomic E-state index is -0.251. The monoisotopic (exact) mass is 158 g/mol. The van der Waals surface area contributed by atoms with Crippen molar-refractivity contribution in [2.45, 2.75) is 12.5 Å². The number of rotatable bonds is 1. The molecule has 1 rings (SSSR count). The highest BCUT2D eigenvalue weighted by molar-refractivity contribution is 5.67. The summed E-state index contributed by atoms with van der Waals surface area (Å²) in [5, 5.41) is 3.18. The van der Waals surface area contributed by atoms with E-state index in [-0.39, 0.29) is 6.09 Å². The molecule has 1 saturated heterocycles. The number of ether oxygens (including phenoxy) is 1.